The van der Waals surface area contributed by atoms with Gasteiger partial charge >= 0.3 is 0 Å². The fourth-order valence-electron chi connectivity index (χ4n) is 2.14. The highest BCUT2D eigenvalue weighted by Gasteiger charge is 2.40. The number of hydrogen-bond donors (Lipinski definition) is 1. The molecule has 1 atom stereocenters. The molecule has 1 aliphatic heterocycles. The normalized spacial score (nSPS) is 26.7. The van der Waals surface area contributed by atoms with Crippen LogP contribution in [0.25, 0.3) is 0 Å². The van der Waals surface area contributed by atoms with Crippen molar-refractivity contribution < 1.29 is 12.8 Å². The van der Waals surface area contributed by atoms with Crippen molar-refractivity contribution in [2.45, 2.75) is 12.5 Å². The van der Waals surface area contributed by atoms with Gasteiger partial charge in [-0.1, -0.05) is 28.1 Å². The lowest BCUT2D eigenvalue weighted by atomic mass is 9.93. The standard InChI is InChI=1S/C11H11BrFNO2S2/c1-11(6-18(15,16)5-10(17)14-11)8-4-7(12)2-3-9(8)13/h2-4H,5-6H2,1H3,(H,14,17)/t11-/m0/s1. The van der Waals surface area contributed by atoms with Gasteiger partial charge in [-0.25, -0.2) is 12.8 Å². The maximum absolute atomic E-state index is 13.9. The van der Waals surface area contributed by atoms with Crippen LogP contribution in [0, 0.1) is 5.82 Å². The number of hydrogen-bond acceptors (Lipinski definition) is 3. The van der Waals surface area contributed by atoms with Crippen molar-refractivity contribution in [3.05, 3.63) is 34.1 Å². The highest BCUT2D eigenvalue weighted by Crippen LogP contribution is 2.30. The highest BCUT2D eigenvalue weighted by atomic mass is 79.9. The summed E-state index contributed by atoms with van der Waals surface area (Å²) in [6.07, 6.45) is 0. The monoisotopic (exact) mass is 351 g/mol. The average Bonchev–Trinajstić information content (AvgIpc) is 2.17. The topological polar surface area (TPSA) is 46.2 Å². The molecule has 1 fully saturated rings. The number of thiocarbonyl (C=S) groups is 1. The van der Waals surface area contributed by atoms with Gasteiger partial charge in [0.25, 0.3) is 0 Å². The molecule has 1 aliphatic rings. The minimum atomic E-state index is -3.30. The van der Waals surface area contributed by atoms with Crippen LogP contribution in [-0.2, 0) is 15.4 Å². The average molecular weight is 352 g/mol. The van der Waals surface area contributed by atoms with Crippen molar-refractivity contribution in [2.24, 2.45) is 0 Å². The van der Waals surface area contributed by atoms with Crippen molar-refractivity contribution in [2.75, 3.05) is 11.5 Å². The summed E-state index contributed by atoms with van der Waals surface area (Å²) in [5.74, 6) is -0.797. The van der Waals surface area contributed by atoms with E-state index in [1.807, 2.05) is 0 Å². The van der Waals surface area contributed by atoms with Gasteiger partial charge in [0.2, 0.25) is 0 Å². The van der Waals surface area contributed by atoms with E-state index in [1.165, 1.54) is 6.07 Å². The van der Waals surface area contributed by atoms with Gasteiger partial charge in [-0.15, -0.1) is 0 Å². The van der Waals surface area contributed by atoms with Crippen LogP contribution in [0.2, 0.25) is 0 Å². The van der Waals surface area contributed by atoms with Gasteiger partial charge in [-0.2, -0.15) is 0 Å². The van der Waals surface area contributed by atoms with E-state index < -0.39 is 21.2 Å². The Morgan fingerprint density at radius 1 is 1.50 bits per heavy atom. The van der Waals surface area contributed by atoms with E-state index in [1.54, 1.807) is 19.1 Å². The Balaban J connectivity index is 2.54. The van der Waals surface area contributed by atoms with Crippen LogP contribution in [0.3, 0.4) is 0 Å². The van der Waals surface area contributed by atoms with Crippen LogP contribution in [0.4, 0.5) is 4.39 Å². The molecule has 0 amide bonds. The summed E-state index contributed by atoms with van der Waals surface area (Å²) in [5.41, 5.74) is -0.732. The molecule has 1 saturated heterocycles. The lowest BCUT2D eigenvalue weighted by molar-refractivity contribution is 0.444. The summed E-state index contributed by atoms with van der Waals surface area (Å²) in [6, 6.07) is 4.44. The molecule has 0 aliphatic carbocycles. The number of rotatable bonds is 1. The van der Waals surface area contributed by atoms with Crippen LogP contribution in [0.5, 0.6) is 0 Å². The summed E-state index contributed by atoms with van der Waals surface area (Å²) >= 11 is 8.21. The van der Waals surface area contributed by atoms with E-state index in [0.29, 0.717) is 10.0 Å². The van der Waals surface area contributed by atoms with Gasteiger partial charge in [0.05, 0.1) is 16.3 Å². The Morgan fingerprint density at radius 3 is 2.78 bits per heavy atom. The largest absolute Gasteiger partial charge is 0.368 e. The van der Waals surface area contributed by atoms with E-state index in [4.69, 9.17) is 12.2 Å². The van der Waals surface area contributed by atoms with Crippen LogP contribution >= 0.6 is 28.1 Å². The van der Waals surface area contributed by atoms with Crippen LogP contribution in [-0.4, -0.2) is 24.9 Å². The van der Waals surface area contributed by atoms with Crippen molar-refractivity contribution in [1.82, 2.24) is 5.32 Å². The molecule has 2 rings (SSSR count). The van der Waals surface area contributed by atoms with E-state index in [2.05, 4.69) is 21.2 Å². The van der Waals surface area contributed by atoms with Crippen molar-refractivity contribution in [3.63, 3.8) is 0 Å². The van der Waals surface area contributed by atoms with Crippen LogP contribution in [0.1, 0.15) is 12.5 Å². The van der Waals surface area contributed by atoms with Crippen molar-refractivity contribution in [1.29, 1.82) is 0 Å². The second-order valence-corrected chi connectivity index (χ2v) is 8.01. The Bertz CT molecular complexity index is 617. The second kappa shape index (κ2) is 4.54. The van der Waals surface area contributed by atoms with Crippen LogP contribution < -0.4 is 5.32 Å². The van der Waals surface area contributed by atoms with Gasteiger partial charge in [-0.05, 0) is 25.1 Å². The van der Waals surface area contributed by atoms with Gasteiger partial charge in [0.1, 0.15) is 11.6 Å². The Labute approximate surface area is 119 Å². The molecule has 98 valence electrons. The molecule has 0 radical (unpaired) electrons. The molecule has 0 spiro atoms. The molecule has 0 saturated carbocycles. The molecule has 0 bridgehead atoms. The molecule has 7 heteroatoms. The minimum absolute atomic E-state index is 0.173. The fourth-order valence-corrected chi connectivity index (χ4v) is 4.94. The zero-order valence-electron chi connectivity index (χ0n) is 9.54. The summed E-state index contributed by atoms with van der Waals surface area (Å²) < 4.78 is 38.1. The first-order valence-electron chi connectivity index (χ1n) is 5.19. The Kier molecular flexibility index (Phi) is 3.50. The third-order valence-corrected chi connectivity index (χ3v) is 5.47. The van der Waals surface area contributed by atoms with Crippen LogP contribution in [0.15, 0.2) is 22.7 Å². The van der Waals surface area contributed by atoms with Crippen molar-refractivity contribution in [3.8, 4) is 0 Å². The Hall–Kier alpha value is -0.530. The molecule has 0 unspecified atom stereocenters. The first kappa shape index (κ1) is 13.9. The lowest BCUT2D eigenvalue weighted by Gasteiger charge is -2.36. The molecule has 0 aromatic heterocycles. The minimum Gasteiger partial charge on any atom is -0.368 e. The predicted octanol–water partition coefficient (Wildman–Crippen LogP) is 2.15. The van der Waals surface area contributed by atoms with Gasteiger partial charge < -0.3 is 5.32 Å². The molecular weight excluding hydrogens is 341 g/mol. The van der Waals surface area contributed by atoms with Gasteiger partial charge in [0, 0.05) is 10.0 Å². The smallest absolute Gasteiger partial charge is 0.159 e. The molecule has 3 nitrogen and oxygen atoms in total. The van der Waals surface area contributed by atoms with Gasteiger partial charge in [0.15, 0.2) is 9.84 Å². The second-order valence-electron chi connectivity index (χ2n) is 4.54. The summed E-state index contributed by atoms with van der Waals surface area (Å²) in [6.45, 7) is 1.64. The molecule has 18 heavy (non-hydrogen) atoms. The zero-order chi connectivity index (χ0) is 13.6. The van der Waals surface area contributed by atoms with E-state index >= 15 is 0 Å². The third kappa shape index (κ3) is 2.73. The first-order chi connectivity index (χ1) is 8.22. The third-order valence-electron chi connectivity index (χ3n) is 2.80. The predicted molar refractivity (Wildman–Crippen MR) is 75.8 cm³/mol. The van der Waals surface area contributed by atoms with Crippen molar-refractivity contribution >= 4 is 43.0 Å². The van der Waals surface area contributed by atoms with E-state index in [-0.39, 0.29) is 16.5 Å². The molecule has 1 aromatic carbocycles. The van der Waals surface area contributed by atoms with E-state index in [0.717, 1.165) is 0 Å². The lowest BCUT2D eigenvalue weighted by Crippen LogP contribution is -2.55. The summed E-state index contributed by atoms with van der Waals surface area (Å²) in [5, 5.41) is 2.92. The number of benzene rings is 1. The molecule has 1 aromatic rings. The first-order valence-corrected chi connectivity index (χ1v) is 8.21. The SMILES string of the molecule is C[C@@]1(c2cc(Br)ccc2F)CS(=O)(=O)CC(=S)N1. The number of sulfone groups is 1. The maximum Gasteiger partial charge on any atom is 0.159 e. The molecule has 1 N–H and O–H groups in total. The Morgan fingerprint density at radius 2 is 2.17 bits per heavy atom. The number of nitrogens with one attached hydrogen (secondary N) is 1. The fraction of sp³-hybridized carbons (Fsp3) is 0.364. The molecular formula is C11H11BrFNO2S2. The summed E-state index contributed by atoms with van der Waals surface area (Å²) in [7, 11) is -3.30. The highest BCUT2D eigenvalue weighted by molar-refractivity contribution is 9.10. The zero-order valence-corrected chi connectivity index (χ0v) is 12.8. The quantitative estimate of drug-likeness (QED) is 0.787. The van der Waals surface area contributed by atoms with Gasteiger partial charge in [-0.3, -0.25) is 0 Å². The maximum atomic E-state index is 13.9. The van der Waals surface area contributed by atoms with E-state index in [9.17, 15) is 12.8 Å². The number of halogens is 2. The summed E-state index contributed by atoms with van der Waals surface area (Å²) in [4.78, 5) is 0.225. The molecule has 1 heterocycles.